The van der Waals surface area contributed by atoms with Gasteiger partial charge in [0.15, 0.2) is 0 Å². The average molecular weight is 285 g/mol. The van der Waals surface area contributed by atoms with E-state index in [0.717, 1.165) is 10.6 Å². The van der Waals surface area contributed by atoms with Gasteiger partial charge in [-0.3, -0.25) is 14.2 Å². The van der Waals surface area contributed by atoms with Crippen LogP contribution < -0.4 is 0 Å². The Labute approximate surface area is 111 Å². The van der Waals surface area contributed by atoms with Gasteiger partial charge in [0, 0.05) is 6.54 Å². The number of carbonyl (C=O) groups excluding carboxylic acids is 1. The van der Waals surface area contributed by atoms with Crippen molar-refractivity contribution in [3.8, 4) is 0 Å². The Morgan fingerprint density at radius 2 is 2.00 bits per heavy atom. The standard InChI is InChI=1S/C12H16NO5P/c14-12-11(19(15,16)17)7-4-8-13(12)18-9-10-5-2-1-3-6-10/h1-3,5-6,11H,4,7-9H2,(H2,15,16,17). The first-order valence-corrected chi connectivity index (χ1v) is 7.70. The Morgan fingerprint density at radius 1 is 1.32 bits per heavy atom. The fraction of sp³-hybridized carbons (Fsp3) is 0.417. The number of rotatable bonds is 4. The number of amides is 1. The summed E-state index contributed by atoms with van der Waals surface area (Å²) in [6.45, 7) is 0.572. The molecule has 0 aliphatic carbocycles. The minimum Gasteiger partial charge on any atom is -0.324 e. The van der Waals surface area contributed by atoms with E-state index >= 15 is 0 Å². The van der Waals surface area contributed by atoms with Crippen molar-refractivity contribution < 1.29 is 24.0 Å². The average Bonchev–Trinajstić information content (AvgIpc) is 2.37. The minimum atomic E-state index is -4.40. The third-order valence-electron chi connectivity index (χ3n) is 3.01. The Bertz CT molecular complexity index is 486. The highest BCUT2D eigenvalue weighted by atomic mass is 31.2. The monoisotopic (exact) mass is 285 g/mol. The van der Waals surface area contributed by atoms with Crippen molar-refractivity contribution in [1.29, 1.82) is 0 Å². The molecule has 1 aliphatic rings. The van der Waals surface area contributed by atoms with E-state index in [1.165, 1.54) is 0 Å². The van der Waals surface area contributed by atoms with Crippen LogP contribution >= 0.6 is 7.60 Å². The molecule has 1 atom stereocenters. The van der Waals surface area contributed by atoms with Gasteiger partial charge in [0.25, 0.3) is 5.91 Å². The van der Waals surface area contributed by atoms with Gasteiger partial charge in [-0.1, -0.05) is 30.3 Å². The van der Waals surface area contributed by atoms with Gasteiger partial charge in [0.2, 0.25) is 0 Å². The molecule has 7 heteroatoms. The number of piperidine rings is 1. The second-order valence-corrected chi connectivity index (χ2v) is 6.25. The third-order valence-corrected chi connectivity index (χ3v) is 4.30. The van der Waals surface area contributed by atoms with Gasteiger partial charge < -0.3 is 9.79 Å². The number of hydroxylamine groups is 2. The summed E-state index contributed by atoms with van der Waals surface area (Å²) in [5, 5.41) is 1.07. The summed E-state index contributed by atoms with van der Waals surface area (Å²) in [6.07, 6.45) is 0.727. The van der Waals surface area contributed by atoms with Crippen molar-refractivity contribution >= 4 is 13.5 Å². The molecule has 1 unspecified atom stereocenters. The smallest absolute Gasteiger partial charge is 0.324 e. The first kappa shape index (κ1) is 14.2. The summed E-state index contributed by atoms with van der Waals surface area (Å²) in [6, 6.07) is 9.30. The van der Waals surface area contributed by atoms with Crippen molar-refractivity contribution in [3.05, 3.63) is 35.9 Å². The highest BCUT2D eigenvalue weighted by Gasteiger charge is 2.41. The Morgan fingerprint density at radius 3 is 2.63 bits per heavy atom. The Hall–Kier alpha value is -1.20. The zero-order valence-electron chi connectivity index (χ0n) is 10.3. The molecule has 1 amide bonds. The Kier molecular flexibility index (Phi) is 4.37. The molecule has 0 bridgehead atoms. The first-order valence-electron chi connectivity index (χ1n) is 6.02. The third kappa shape index (κ3) is 3.64. The van der Waals surface area contributed by atoms with Crippen molar-refractivity contribution in [1.82, 2.24) is 5.06 Å². The minimum absolute atomic E-state index is 0.203. The van der Waals surface area contributed by atoms with Crippen LogP contribution in [0.4, 0.5) is 0 Å². The topological polar surface area (TPSA) is 87.1 Å². The molecule has 104 valence electrons. The molecule has 1 aromatic rings. The van der Waals surface area contributed by atoms with E-state index in [1.54, 1.807) is 0 Å². The van der Waals surface area contributed by atoms with E-state index in [2.05, 4.69) is 0 Å². The number of hydrogen-bond acceptors (Lipinski definition) is 3. The summed E-state index contributed by atoms with van der Waals surface area (Å²) < 4.78 is 11.2. The number of carbonyl (C=O) groups is 1. The molecule has 6 nitrogen and oxygen atoms in total. The van der Waals surface area contributed by atoms with Crippen LogP contribution in [0.3, 0.4) is 0 Å². The largest absolute Gasteiger partial charge is 0.338 e. The van der Waals surface area contributed by atoms with E-state index in [0.29, 0.717) is 13.0 Å². The van der Waals surface area contributed by atoms with Crippen LogP contribution in [0.25, 0.3) is 0 Å². The van der Waals surface area contributed by atoms with Crippen LogP contribution in [0.15, 0.2) is 30.3 Å². The van der Waals surface area contributed by atoms with Crippen LogP contribution in [0.5, 0.6) is 0 Å². The zero-order valence-corrected chi connectivity index (χ0v) is 11.2. The predicted octanol–water partition coefficient (Wildman–Crippen LogP) is 1.29. The van der Waals surface area contributed by atoms with Gasteiger partial charge in [0.1, 0.15) is 12.3 Å². The van der Waals surface area contributed by atoms with Crippen LogP contribution in [0.2, 0.25) is 0 Å². The summed E-state index contributed by atoms with van der Waals surface area (Å²) in [5.41, 5.74) is -0.370. The summed E-state index contributed by atoms with van der Waals surface area (Å²) >= 11 is 0. The van der Waals surface area contributed by atoms with Gasteiger partial charge in [-0.2, -0.15) is 0 Å². The maximum absolute atomic E-state index is 11.9. The van der Waals surface area contributed by atoms with Crippen LogP contribution in [-0.2, 0) is 20.8 Å². The SMILES string of the molecule is O=C1C(P(=O)(O)O)CCCN1OCc1ccccc1. The Balaban J connectivity index is 1.97. The van der Waals surface area contributed by atoms with Gasteiger partial charge in [-0.05, 0) is 18.4 Å². The molecule has 1 aromatic carbocycles. The van der Waals surface area contributed by atoms with Crippen LogP contribution in [-0.4, -0.2) is 33.0 Å². The lowest BCUT2D eigenvalue weighted by molar-refractivity contribution is -0.196. The summed E-state index contributed by atoms with van der Waals surface area (Å²) in [4.78, 5) is 35.5. The lowest BCUT2D eigenvalue weighted by Crippen LogP contribution is -2.43. The van der Waals surface area contributed by atoms with Crippen molar-refractivity contribution in [2.75, 3.05) is 6.54 Å². The van der Waals surface area contributed by atoms with Crippen LogP contribution in [0.1, 0.15) is 18.4 Å². The molecule has 0 radical (unpaired) electrons. The molecule has 2 rings (SSSR count). The predicted molar refractivity (Wildman–Crippen MR) is 68.0 cm³/mol. The lowest BCUT2D eigenvalue weighted by Gasteiger charge is -2.31. The van der Waals surface area contributed by atoms with Gasteiger partial charge in [0.05, 0.1) is 0 Å². The van der Waals surface area contributed by atoms with E-state index in [9.17, 15) is 9.36 Å². The molecule has 0 saturated carbocycles. The molecular weight excluding hydrogens is 269 g/mol. The lowest BCUT2D eigenvalue weighted by atomic mass is 10.1. The summed E-state index contributed by atoms with van der Waals surface area (Å²) in [7, 11) is -4.40. The fourth-order valence-electron chi connectivity index (χ4n) is 2.00. The van der Waals surface area contributed by atoms with Gasteiger partial charge in [-0.15, -0.1) is 0 Å². The van der Waals surface area contributed by atoms with E-state index < -0.39 is 19.2 Å². The van der Waals surface area contributed by atoms with Crippen molar-refractivity contribution in [2.45, 2.75) is 25.1 Å². The molecular formula is C12H16NO5P. The van der Waals surface area contributed by atoms with Crippen molar-refractivity contribution in [2.24, 2.45) is 0 Å². The molecule has 1 heterocycles. The highest BCUT2D eigenvalue weighted by Crippen LogP contribution is 2.45. The normalized spacial score (nSPS) is 20.6. The second kappa shape index (κ2) is 5.84. The van der Waals surface area contributed by atoms with Crippen molar-refractivity contribution in [3.63, 3.8) is 0 Å². The molecule has 0 aromatic heterocycles. The van der Waals surface area contributed by atoms with Gasteiger partial charge >= 0.3 is 7.60 Å². The molecule has 0 spiro atoms. The van der Waals surface area contributed by atoms with E-state index in [-0.39, 0.29) is 13.0 Å². The summed E-state index contributed by atoms with van der Waals surface area (Å²) in [5.74, 6) is -0.629. The number of nitrogens with zero attached hydrogens (tertiary/aromatic N) is 1. The van der Waals surface area contributed by atoms with Gasteiger partial charge in [-0.25, -0.2) is 5.06 Å². The number of benzene rings is 1. The number of hydrogen-bond donors (Lipinski definition) is 2. The maximum Gasteiger partial charge on any atom is 0.338 e. The molecule has 1 saturated heterocycles. The first-order chi connectivity index (χ1) is 8.98. The van der Waals surface area contributed by atoms with E-state index in [1.807, 2.05) is 30.3 Å². The second-order valence-electron chi connectivity index (χ2n) is 4.45. The van der Waals surface area contributed by atoms with E-state index in [4.69, 9.17) is 14.6 Å². The van der Waals surface area contributed by atoms with Crippen LogP contribution in [0, 0.1) is 0 Å². The fourth-order valence-corrected chi connectivity index (χ4v) is 2.93. The molecule has 2 N–H and O–H groups in total. The highest BCUT2D eigenvalue weighted by molar-refractivity contribution is 7.53. The quantitative estimate of drug-likeness (QED) is 0.814. The molecule has 1 aliphatic heterocycles. The molecule has 1 fully saturated rings. The zero-order chi connectivity index (χ0) is 13.9. The maximum atomic E-state index is 11.9. The molecule has 19 heavy (non-hydrogen) atoms.